The van der Waals surface area contributed by atoms with Gasteiger partial charge in [-0.05, 0) is 31.0 Å². The summed E-state index contributed by atoms with van der Waals surface area (Å²) in [6.45, 7) is 1.78. The van der Waals surface area contributed by atoms with Gasteiger partial charge < -0.3 is 5.73 Å². The highest BCUT2D eigenvalue weighted by molar-refractivity contribution is 7.91. The molecule has 0 aliphatic carbocycles. The van der Waals surface area contributed by atoms with E-state index in [9.17, 15) is 16.8 Å². The normalized spacial score (nSPS) is 20.1. The maximum absolute atomic E-state index is 12.7. The Kier molecular flexibility index (Phi) is 4.53. The zero-order chi connectivity index (χ0) is 15.8. The number of nitrogens with two attached hydrogens (primary N) is 1. The standard InChI is InChI=1S/C12H17ClN2O4S2/c1-9-7-10(13)11(14)8-12(9)21(18,19)15-3-2-5-20(16,17)6-4-15/h7-8H,2-6,14H2,1H3. The monoisotopic (exact) mass is 352 g/mol. The lowest BCUT2D eigenvalue weighted by Crippen LogP contribution is -2.34. The van der Waals surface area contributed by atoms with Crippen molar-refractivity contribution in [1.29, 1.82) is 0 Å². The van der Waals surface area contributed by atoms with Crippen LogP contribution in [0.15, 0.2) is 17.0 Å². The number of hydrogen-bond donors (Lipinski definition) is 1. The number of rotatable bonds is 2. The largest absolute Gasteiger partial charge is 0.397 e. The van der Waals surface area contributed by atoms with E-state index < -0.39 is 19.9 Å². The number of anilines is 1. The number of benzene rings is 1. The molecule has 1 saturated heterocycles. The summed E-state index contributed by atoms with van der Waals surface area (Å²) in [5, 5.41) is 0.296. The van der Waals surface area contributed by atoms with Gasteiger partial charge in [-0.2, -0.15) is 4.31 Å². The van der Waals surface area contributed by atoms with Gasteiger partial charge in [0.05, 0.1) is 27.1 Å². The molecule has 1 aromatic carbocycles. The summed E-state index contributed by atoms with van der Waals surface area (Å²) in [6.07, 6.45) is 0.295. The number of halogens is 1. The van der Waals surface area contributed by atoms with Crippen LogP contribution in [-0.2, 0) is 19.9 Å². The Balaban J connectivity index is 2.41. The Morgan fingerprint density at radius 3 is 2.57 bits per heavy atom. The highest BCUT2D eigenvalue weighted by Crippen LogP contribution is 2.28. The highest BCUT2D eigenvalue weighted by Gasteiger charge is 2.30. The lowest BCUT2D eigenvalue weighted by atomic mass is 10.2. The van der Waals surface area contributed by atoms with Gasteiger partial charge in [0.25, 0.3) is 0 Å². The quantitative estimate of drug-likeness (QED) is 0.802. The molecule has 6 nitrogen and oxygen atoms in total. The van der Waals surface area contributed by atoms with Crippen LogP contribution in [0.4, 0.5) is 5.69 Å². The van der Waals surface area contributed by atoms with E-state index in [1.165, 1.54) is 16.4 Å². The summed E-state index contributed by atoms with van der Waals surface area (Å²) in [4.78, 5) is 0.0729. The van der Waals surface area contributed by atoms with E-state index in [0.717, 1.165) is 0 Å². The second-order valence-electron chi connectivity index (χ2n) is 5.05. The minimum absolute atomic E-state index is 0.0146. The average molecular weight is 353 g/mol. The van der Waals surface area contributed by atoms with E-state index in [0.29, 0.717) is 17.0 Å². The molecule has 118 valence electrons. The maximum atomic E-state index is 12.7. The second-order valence-corrected chi connectivity index (χ2v) is 9.67. The number of aryl methyl sites for hydroxylation is 1. The van der Waals surface area contributed by atoms with E-state index in [1.54, 1.807) is 6.92 Å². The first kappa shape index (κ1) is 16.5. The van der Waals surface area contributed by atoms with Crippen LogP contribution in [0.5, 0.6) is 0 Å². The summed E-state index contributed by atoms with van der Waals surface area (Å²) in [5.74, 6) is -0.144. The molecule has 0 bridgehead atoms. The summed E-state index contributed by atoms with van der Waals surface area (Å²) in [7, 11) is -6.95. The molecule has 2 N–H and O–H groups in total. The number of nitrogens with zero attached hydrogens (tertiary/aromatic N) is 1. The molecule has 1 heterocycles. The Hall–Kier alpha value is -0.830. The lowest BCUT2D eigenvalue weighted by Gasteiger charge is -2.21. The van der Waals surface area contributed by atoms with E-state index in [4.69, 9.17) is 17.3 Å². The zero-order valence-electron chi connectivity index (χ0n) is 11.5. The molecule has 21 heavy (non-hydrogen) atoms. The van der Waals surface area contributed by atoms with Crippen LogP contribution in [0.3, 0.4) is 0 Å². The van der Waals surface area contributed by atoms with Crippen molar-refractivity contribution in [3.63, 3.8) is 0 Å². The fourth-order valence-electron chi connectivity index (χ4n) is 2.24. The molecular formula is C12H17ClN2O4S2. The molecule has 0 atom stereocenters. The fourth-order valence-corrected chi connectivity index (χ4v) is 5.57. The van der Waals surface area contributed by atoms with Gasteiger partial charge in [-0.1, -0.05) is 11.6 Å². The maximum Gasteiger partial charge on any atom is 0.243 e. The Morgan fingerprint density at radius 1 is 1.24 bits per heavy atom. The van der Waals surface area contributed by atoms with Gasteiger partial charge in [0.1, 0.15) is 0 Å². The molecule has 2 rings (SSSR count). The van der Waals surface area contributed by atoms with Crippen molar-refractivity contribution in [3.8, 4) is 0 Å². The molecule has 9 heteroatoms. The molecule has 0 unspecified atom stereocenters. The number of nitrogen functional groups attached to an aromatic ring is 1. The van der Waals surface area contributed by atoms with Crippen LogP contribution in [0.2, 0.25) is 5.02 Å². The zero-order valence-corrected chi connectivity index (χ0v) is 13.9. The van der Waals surface area contributed by atoms with Crippen LogP contribution in [0.25, 0.3) is 0 Å². The lowest BCUT2D eigenvalue weighted by molar-refractivity contribution is 0.434. The van der Waals surface area contributed by atoms with Crippen LogP contribution in [-0.4, -0.2) is 45.7 Å². The average Bonchev–Trinajstić information content (AvgIpc) is 2.55. The summed E-state index contributed by atoms with van der Waals surface area (Å²) >= 11 is 5.87. The van der Waals surface area contributed by atoms with Gasteiger partial charge in [-0.3, -0.25) is 0 Å². The molecule has 1 aliphatic heterocycles. The smallest absolute Gasteiger partial charge is 0.243 e. The Labute approximate surface area is 129 Å². The first-order valence-electron chi connectivity index (χ1n) is 6.40. The second kappa shape index (κ2) is 5.75. The highest BCUT2D eigenvalue weighted by atomic mass is 35.5. The molecule has 1 fully saturated rings. The van der Waals surface area contributed by atoms with Gasteiger partial charge >= 0.3 is 0 Å². The van der Waals surface area contributed by atoms with Crippen LogP contribution in [0.1, 0.15) is 12.0 Å². The molecule has 0 aromatic heterocycles. The molecule has 0 amide bonds. The van der Waals surface area contributed by atoms with Crippen molar-refractivity contribution >= 4 is 37.1 Å². The van der Waals surface area contributed by atoms with Crippen LogP contribution >= 0.6 is 11.6 Å². The van der Waals surface area contributed by atoms with Crippen molar-refractivity contribution in [2.24, 2.45) is 0 Å². The van der Waals surface area contributed by atoms with Gasteiger partial charge in [0.15, 0.2) is 9.84 Å². The number of sulfonamides is 1. The van der Waals surface area contributed by atoms with Gasteiger partial charge in [0, 0.05) is 13.1 Å². The molecule has 0 spiro atoms. The third-order valence-corrected chi connectivity index (χ3v) is 7.51. The number of sulfone groups is 1. The van der Waals surface area contributed by atoms with E-state index in [2.05, 4.69) is 0 Å². The van der Waals surface area contributed by atoms with Crippen molar-refractivity contribution in [2.75, 3.05) is 30.3 Å². The third-order valence-electron chi connectivity index (χ3n) is 3.43. The Bertz CT molecular complexity index is 760. The summed E-state index contributed by atoms with van der Waals surface area (Å²) < 4.78 is 49.7. The van der Waals surface area contributed by atoms with Gasteiger partial charge in [-0.25, -0.2) is 16.8 Å². The van der Waals surface area contributed by atoms with E-state index in [-0.39, 0.29) is 35.2 Å². The van der Waals surface area contributed by atoms with Crippen molar-refractivity contribution < 1.29 is 16.8 Å². The molecular weight excluding hydrogens is 336 g/mol. The topological polar surface area (TPSA) is 97.5 Å². The predicted octanol–water partition coefficient (Wildman–Crippen LogP) is 1.04. The SMILES string of the molecule is Cc1cc(Cl)c(N)cc1S(=O)(=O)N1CCCS(=O)(=O)CC1. The molecule has 1 aliphatic rings. The van der Waals surface area contributed by atoms with E-state index in [1.807, 2.05) is 0 Å². The molecule has 1 aromatic rings. The minimum atomic E-state index is -3.78. The van der Waals surface area contributed by atoms with Gasteiger partial charge in [-0.15, -0.1) is 0 Å². The number of hydrogen-bond acceptors (Lipinski definition) is 5. The van der Waals surface area contributed by atoms with Crippen molar-refractivity contribution in [1.82, 2.24) is 4.31 Å². The fraction of sp³-hybridized carbons (Fsp3) is 0.500. The van der Waals surface area contributed by atoms with Crippen molar-refractivity contribution in [2.45, 2.75) is 18.2 Å². The third kappa shape index (κ3) is 3.50. The van der Waals surface area contributed by atoms with Crippen LogP contribution in [0, 0.1) is 6.92 Å². The van der Waals surface area contributed by atoms with Crippen LogP contribution < -0.4 is 5.73 Å². The molecule has 0 radical (unpaired) electrons. The summed E-state index contributed by atoms with van der Waals surface area (Å²) in [5.41, 5.74) is 6.35. The first-order chi connectivity index (χ1) is 9.63. The Morgan fingerprint density at radius 2 is 1.90 bits per heavy atom. The summed E-state index contributed by atoms with van der Waals surface area (Å²) in [6, 6.07) is 2.82. The predicted molar refractivity (Wildman–Crippen MR) is 82.6 cm³/mol. The minimum Gasteiger partial charge on any atom is -0.397 e. The molecule has 0 saturated carbocycles. The van der Waals surface area contributed by atoms with Crippen molar-refractivity contribution in [3.05, 3.63) is 22.7 Å². The van der Waals surface area contributed by atoms with Gasteiger partial charge in [0.2, 0.25) is 10.0 Å². The first-order valence-corrected chi connectivity index (χ1v) is 10.0. The van der Waals surface area contributed by atoms with E-state index >= 15 is 0 Å².